The number of hydrogen-bond donors (Lipinski definition) is 0. The van der Waals surface area contributed by atoms with Crippen molar-refractivity contribution in [1.29, 1.82) is 0 Å². The molecule has 0 amide bonds. The van der Waals surface area contributed by atoms with Crippen molar-refractivity contribution in [2.45, 2.75) is 0 Å². The quantitative estimate of drug-likeness (QED) is 0.305. The topological polar surface area (TPSA) is 0 Å². The van der Waals surface area contributed by atoms with Crippen molar-refractivity contribution >= 4 is 37.7 Å². The first-order valence-electron chi connectivity index (χ1n) is 0.114. The van der Waals surface area contributed by atoms with Crippen LogP contribution in [0.25, 0.3) is 0 Å². The number of hydrogen-bond acceptors (Lipinski definition) is 0. The summed E-state index contributed by atoms with van der Waals surface area (Å²) in [5.74, 6) is 0. The van der Waals surface area contributed by atoms with Gasteiger partial charge >= 0.3 is 52.0 Å². The zero-order valence-electron chi connectivity index (χ0n) is 3.68. The fourth-order valence-electron chi connectivity index (χ4n) is 0. The van der Waals surface area contributed by atoms with Crippen LogP contribution < -0.4 is 18.9 Å². The molecule has 0 aromatic rings. The van der Waals surface area contributed by atoms with Gasteiger partial charge in [0.05, 0.1) is 0 Å². The fraction of sp³-hybridized carbons (Fsp3) is 0. The Bertz CT molecular complexity index is 13.5. The molecular weight excluding hydrogens is 224 g/mol. The molecule has 4 heteroatoms. The van der Waals surface area contributed by atoms with Crippen LogP contribution >= 0.6 is 20.3 Å². The maximum Gasteiger partial charge on any atom is 1.00 e. The van der Waals surface area contributed by atoms with Crippen molar-refractivity contribution in [2.75, 3.05) is 0 Å². The summed E-state index contributed by atoms with van der Waals surface area (Å²) >= 11 is 5.87. The van der Waals surface area contributed by atoms with E-state index >= 15 is 0 Å². The Balaban J connectivity index is -0.000000000833. The van der Waals surface area contributed by atoms with Crippen LogP contribution in [0.5, 0.6) is 0 Å². The molecule has 4 heavy (non-hydrogen) atoms. The smallest absolute Gasteiger partial charge is 1.00 e. The van der Waals surface area contributed by atoms with Crippen LogP contribution in [-0.4, -0.2) is 17.4 Å². The summed E-state index contributed by atoms with van der Waals surface area (Å²) in [5, 5.41) is 0. The molecule has 0 N–H and O–H groups in total. The Hall–Kier alpha value is 2.38. The van der Waals surface area contributed by atoms with Gasteiger partial charge < -0.3 is 2.85 Å². The molecule has 0 saturated heterocycles. The molecule has 0 aromatic heterocycles. The molecule has 28 valence electrons. The van der Waals surface area contributed by atoms with Gasteiger partial charge in [-0.1, -0.05) is 0 Å². The molecule has 0 saturated carbocycles. The van der Waals surface area contributed by atoms with E-state index in [-0.39, 0.29) is 39.1 Å². The fourth-order valence-corrected chi connectivity index (χ4v) is 0. The minimum absolute atomic E-state index is 0. The van der Waals surface area contributed by atoms with E-state index in [1.54, 1.807) is 20.3 Å². The van der Waals surface area contributed by atoms with Crippen molar-refractivity contribution < 1.29 is 34.5 Å². The monoisotopic (exact) mass is 229 g/mol. The molecular formula is H5AlCuILi-. The Morgan fingerprint density at radius 3 is 1.50 bits per heavy atom. The van der Waals surface area contributed by atoms with Crippen molar-refractivity contribution in [2.24, 2.45) is 0 Å². The predicted molar refractivity (Wildman–Crippen MR) is 26.2 cm³/mol. The molecule has 0 aromatic carbocycles. The van der Waals surface area contributed by atoms with E-state index in [4.69, 9.17) is 0 Å². The normalized spacial score (nSPS) is 1.75. The zero-order chi connectivity index (χ0) is 2.00. The summed E-state index contributed by atoms with van der Waals surface area (Å²) < 4.78 is 0. The molecule has 0 aliphatic heterocycles. The molecule has 0 radical (unpaired) electrons. The zero-order valence-corrected chi connectivity index (χ0v) is 4.78. The molecule has 0 fully saturated rings. The maximum absolute atomic E-state index is 4.16. The number of rotatable bonds is 0. The van der Waals surface area contributed by atoms with E-state index in [2.05, 4.69) is 12.8 Å². The molecule has 0 aliphatic carbocycles. The Labute approximate surface area is 71.3 Å². The Morgan fingerprint density at radius 1 is 1.50 bits per heavy atom. The molecule has 0 heterocycles. The van der Waals surface area contributed by atoms with Gasteiger partial charge in [-0.15, -0.1) is 0 Å². The summed E-state index contributed by atoms with van der Waals surface area (Å²) in [6.45, 7) is 0. The summed E-state index contributed by atoms with van der Waals surface area (Å²) in [4.78, 5) is 0. The molecule has 0 spiro atoms. The van der Waals surface area contributed by atoms with Crippen molar-refractivity contribution in [3.8, 4) is 0 Å². The first-order chi connectivity index (χ1) is 1.00. The minimum Gasteiger partial charge on any atom is -1.00 e. The molecule has 0 rings (SSSR count). The predicted octanol–water partition coefficient (Wildman–Crippen LogP) is -3.07. The molecule has 0 aliphatic rings. The van der Waals surface area contributed by atoms with Crippen LogP contribution in [0, 0.1) is 0 Å². The van der Waals surface area contributed by atoms with E-state index in [1.807, 2.05) is 0 Å². The second kappa shape index (κ2) is 18.2. The third-order valence-corrected chi connectivity index (χ3v) is 0. The molecule has 0 atom stereocenters. The van der Waals surface area contributed by atoms with Crippen molar-refractivity contribution in [3.63, 3.8) is 0 Å². The second-order valence-electron chi connectivity index (χ2n) is 0. The van der Waals surface area contributed by atoms with Gasteiger partial charge in [-0.05, 0) is 0 Å². The van der Waals surface area contributed by atoms with E-state index in [1.165, 1.54) is 0 Å². The van der Waals surface area contributed by atoms with Gasteiger partial charge in [0.1, 0.15) is 0 Å². The average molecular weight is 229 g/mol. The average Bonchev–Trinajstić information content (AvgIpc) is 1.00. The van der Waals surface area contributed by atoms with Crippen molar-refractivity contribution in [3.05, 3.63) is 0 Å². The van der Waals surface area contributed by atoms with Gasteiger partial charge in [0.2, 0.25) is 0 Å². The van der Waals surface area contributed by atoms with Crippen LogP contribution in [0.3, 0.4) is 0 Å². The van der Waals surface area contributed by atoms with E-state index in [0.717, 1.165) is 0 Å². The maximum atomic E-state index is 4.16. The van der Waals surface area contributed by atoms with Crippen LogP contribution in [0.15, 0.2) is 0 Å². The van der Waals surface area contributed by atoms with E-state index < -0.39 is 0 Å². The minimum atomic E-state index is 0. The third-order valence-electron chi connectivity index (χ3n) is 0. The van der Waals surface area contributed by atoms with Gasteiger partial charge in [-0.3, -0.25) is 0 Å². The molecule has 0 unspecified atom stereocenters. The van der Waals surface area contributed by atoms with Crippen LogP contribution in [-0.2, 0) is 12.8 Å². The Kier molecular flexibility index (Phi) is 73.6. The van der Waals surface area contributed by atoms with Crippen molar-refractivity contribution in [1.82, 2.24) is 0 Å². The number of halogens is 1. The van der Waals surface area contributed by atoms with Crippen LogP contribution in [0.1, 0.15) is 2.85 Å². The van der Waals surface area contributed by atoms with E-state index in [9.17, 15) is 0 Å². The summed E-state index contributed by atoms with van der Waals surface area (Å²) in [5.41, 5.74) is 0. The summed E-state index contributed by atoms with van der Waals surface area (Å²) in [6, 6.07) is 0. The molecule has 0 nitrogen and oxygen atoms in total. The van der Waals surface area contributed by atoms with Gasteiger partial charge in [0.15, 0.2) is 17.4 Å². The standard InChI is InChI=1S/Al.Cu.HI.Li.5H/h;;1H;;;;;;/q;+1;;+1;;;;2*-1/p-1. The van der Waals surface area contributed by atoms with Gasteiger partial charge in [-0.2, -0.15) is 0 Å². The SMILES string of the molecule is [AlH3].[Cu][I].[H-].[H-].[Li+]. The van der Waals surface area contributed by atoms with Gasteiger partial charge in [0, 0.05) is 0 Å². The third kappa shape index (κ3) is 8.83. The largest absolute Gasteiger partial charge is 1.00 e. The summed E-state index contributed by atoms with van der Waals surface area (Å²) in [6.07, 6.45) is 0. The Morgan fingerprint density at radius 2 is 1.50 bits per heavy atom. The summed E-state index contributed by atoms with van der Waals surface area (Å²) in [7, 11) is 0. The first-order valence-corrected chi connectivity index (χ1v) is 3.15. The van der Waals surface area contributed by atoms with Gasteiger partial charge in [0.25, 0.3) is 0 Å². The second-order valence-corrected chi connectivity index (χ2v) is 0. The molecule has 0 bridgehead atoms. The van der Waals surface area contributed by atoms with Crippen LogP contribution in [0.2, 0.25) is 0 Å². The van der Waals surface area contributed by atoms with E-state index in [0.29, 0.717) is 0 Å². The van der Waals surface area contributed by atoms with Crippen LogP contribution in [0.4, 0.5) is 0 Å². The van der Waals surface area contributed by atoms with Gasteiger partial charge in [-0.25, -0.2) is 0 Å². The first kappa shape index (κ1) is 16.2.